The number of hydrogen-bond acceptors (Lipinski definition) is 6. The summed E-state index contributed by atoms with van der Waals surface area (Å²) in [7, 11) is 1.60. The van der Waals surface area contributed by atoms with Crippen molar-refractivity contribution in [2.45, 2.75) is 25.2 Å². The van der Waals surface area contributed by atoms with Gasteiger partial charge in [0.05, 0.1) is 13.7 Å². The molecule has 0 spiro atoms. The van der Waals surface area contributed by atoms with Gasteiger partial charge in [-0.1, -0.05) is 17.3 Å². The second kappa shape index (κ2) is 5.20. The Balaban J connectivity index is 1.88. The molecule has 0 saturated heterocycles. The molecule has 3 rings (SSSR count). The van der Waals surface area contributed by atoms with Crippen LogP contribution in [0.1, 0.15) is 25.7 Å². The molecule has 0 radical (unpaired) electrons. The number of ether oxygens (including phenoxy) is 2. The zero-order valence-corrected chi connectivity index (χ0v) is 12.0. The summed E-state index contributed by atoms with van der Waals surface area (Å²) >= 11 is 0. The zero-order chi connectivity index (χ0) is 14.9. The highest BCUT2D eigenvalue weighted by atomic mass is 16.5. The van der Waals surface area contributed by atoms with Crippen molar-refractivity contribution >= 4 is 5.97 Å². The van der Waals surface area contributed by atoms with E-state index in [1.807, 2.05) is 24.3 Å². The first-order chi connectivity index (χ1) is 10.2. The lowest BCUT2D eigenvalue weighted by molar-refractivity contribution is -0.146. The Hall–Kier alpha value is -2.37. The monoisotopic (exact) mass is 288 g/mol. The lowest BCUT2D eigenvalue weighted by atomic mass is 10.1. The number of esters is 1. The predicted molar refractivity (Wildman–Crippen MR) is 73.8 cm³/mol. The third kappa shape index (κ3) is 2.37. The minimum atomic E-state index is -0.736. The van der Waals surface area contributed by atoms with Crippen LogP contribution in [0.15, 0.2) is 28.8 Å². The van der Waals surface area contributed by atoms with Crippen LogP contribution in [-0.4, -0.2) is 29.8 Å². The summed E-state index contributed by atoms with van der Waals surface area (Å²) in [6, 6.07) is 7.37. The molecule has 1 fully saturated rings. The molecule has 6 heteroatoms. The summed E-state index contributed by atoms with van der Waals surface area (Å²) in [5.74, 6) is 1.20. The normalized spacial score (nSPS) is 15.5. The van der Waals surface area contributed by atoms with E-state index in [4.69, 9.17) is 14.0 Å². The largest absolute Gasteiger partial charge is 0.497 e. The van der Waals surface area contributed by atoms with Crippen molar-refractivity contribution in [3.05, 3.63) is 30.2 Å². The van der Waals surface area contributed by atoms with Crippen molar-refractivity contribution in [1.82, 2.24) is 10.1 Å². The molecular formula is C15H16N2O4. The van der Waals surface area contributed by atoms with E-state index in [1.165, 1.54) is 0 Å². The average molecular weight is 288 g/mol. The quantitative estimate of drug-likeness (QED) is 0.786. The van der Waals surface area contributed by atoms with Crippen molar-refractivity contribution in [3.63, 3.8) is 0 Å². The fourth-order valence-electron chi connectivity index (χ4n) is 2.20. The standard InChI is InChI=1S/C15H16N2O4/c1-3-20-14(18)15(7-8-15)13-16-12(17-21-13)10-5-4-6-11(9-10)19-2/h4-6,9H,3,7-8H2,1-2H3. The Morgan fingerprint density at radius 2 is 2.24 bits per heavy atom. The Labute approximate surface area is 122 Å². The summed E-state index contributed by atoms with van der Waals surface area (Å²) in [6.07, 6.45) is 1.37. The molecule has 21 heavy (non-hydrogen) atoms. The van der Waals surface area contributed by atoms with E-state index >= 15 is 0 Å². The van der Waals surface area contributed by atoms with E-state index in [-0.39, 0.29) is 5.97 Å². The molecule has 1 aromatic carbocycles. The number of hydrogen-bond donors (Lipinski definition) is 0. The first-order valence-corrected chi connectivity index (χ1v) is 6.85. The number of nitrogens with zero attached hydrogens (tertiary/aromatic N) is 2. The van der Waals surface area contributed by atoms with E-state index in [0.717, 1.165) is 5.56 Å². The fourth-order valence-corrected chi connectivity index (χ4v) is 2.20. The zero-order valence-electron chi connectivity index (χ0n) is 12.0. The summed E-state index contributed by atoms with van der Waals surface area (Å²) in [5, 5.41) is 3.96. The molecule has 1 saturated carbocycles. The molecule has 1 heterocycles. The van der Waals surface area contributed by atoms with E-state index in [9.17, 15) is 4.79 Å². The van der Waals surface area contributed by atoms with Crippen molar-refractivity contribution in [2.24, 2.45) is 0 Å². The molecule has 110 valence electrons. The van der Waals surface area contributed by atoms with Crippen LogP contribution in [0.25, 0.3) is 11.4 Å². The highest BCUT2D eigenvalue weighted by Crippen LogP contribution is 2.48. The van der Waals surface area contributed by atoms with E-state index < -0.39 is 5.41 Å². The third-order valence-corrected chi connectivity index (χ3v) is 3.58. The first-order valence-electron chi connectivity index (χ1n) is 6.85. The third-order valence-electron chi connectivity index (χ3n) is 3.58. The summed E-state index contributed by atoms with van der Waals surface area (Å²) in [5.41, 5.74) is 0.0455. The van der Waals surface area contributed by atoms with E-state index in [0.29, 0.717) is 36.9 Å². The molecule has 0 N–H and O–H groups in total. The van der Waals surface area contributed by atoms with Gasteiger partial charge in [0, 0.05) is 5.56 Å². The van der Waals surface area contributed by atoms with Gasteiger partial charge in [-0.3, -0.25) is 4.79 Å². The Morgan fingerprint density at radius 1 is 1.43 bits per heavy atom. The molecule has 0 unspecified atom stereocenters. The molecule has 0 bridgehead atoms. The molecule has 1 aliphatic carbocycles. The summed E-state index contributed by atoms with van der Waals surface area (Å²) in [4.78, 5) is 16.4. The average Bonchev–Trinajstić information content (AvgIpc) is 3.18. The number of carbonyl (C=O) groups excluding carboxylic acids is 1. The SMILES string of the molecule is CCOC(=O)C1(c2nc(-c3cccc(OC)c3)no2)CC1. The Bertz CT molecular complexity index is 661. The number of rotatable bonds is 5. The summed E-state index contributed by atoms with van der Waals surface area (Å²) < 4.78 is 15.5. The second-order valence-electron chi connectivity index (χ2n) is 4.96. The van der Waals surface area contributed by atoms with Crippen LogP contribution in [0.5, 0.6) is 5.75 Å². The topological polar surface area (TPSA) is 74.5 Å². The molecule has 0 amide bonds. The molecule has 0 aliphatic heterocycles. The van der Waals surface area contributed by atoms with Gasteiger partial charge in [0.2, 0.25) is 11.7 Å². The van der Waals surface area contributed by atoms with Crippen molar-refractivity contribution in [1.29, 1.82) is 0 Å². The number of aromatic nitrogens is 2. The van der Waals surface area contributed by atoms with Gasteiger partial charge in [-0.2, -0.15) is 4.98 Å². The molecule has 2 aromatic rings. The number of carbonyl (C=O) groups is 1. The molecule has 6 nitrogen and oxygen atoms in total. The van der Waals surface area contributed by atoms with Gasteiger partial charge in [0.25, 0.3) is 0 Å². The predicted octanol–water partition coefficient (Wildman–Crippen LogP) is 2.34. The van der Waals surface area contributed by atoms with Crippen LogP contribution in [0, 0.1) is 0 Å². The maximum atomic E-state index is 12.0. The highest BCUT2D eigenvalue weighted by molar-refractivity contribution is 5.85. The van der Waals surface area contributed by atoms with Gasteiger partial charge >= 0.3 is 5.97 Å². The molecule has 0 atom stereocenters. The number of benzene rings is 1. The lowest BCUT2D eigenvalue weighted by Gasteiger charge is -2.08. The van der Waals surface area contributed by atoms with Gasteiger partial charge in [0.15, 0.2) is 0 Å². The Morgan fingerprint density at radius 3 is 2.90 bits per heavy atom. The minimum Gasteiger partial charge on any atom is -0.497 e. The van der Waals surface area contributed by atoms with Crippen LogP contribution in [0.2, 0.25) is 0 Å². The van der Waals surface area contributed by atoms with Crippen molar-refractivity contribution in [2.75, 3.05) is 13.7 Å². The molecule has 1 aliphatic rings. The van der Waals surface area contributed by atoms with E-state index in [1.54, 1.807) is 14.0 Å². The van der Waals surface area contributed by atoms with Gasteiger partial charge in [-0.25, -0.2) is 0 Å². The van der Waals surface area contributed by atoms with Crippen LogP contribution >= 0.6 is 0 Å². The first kappa shape index (κ1) is 13.6. The smallest absolute Gasteiger partial charge is 0.321 e. The maximum Gasteiger partial charge on any atom is 0.321 e. The Kier molecular flexibility index (Phi) is 3.37. The van der Waals surface area contributed by atoms with Gasteiger partial charge in [-0.05, 0) is 31.9 Å². The van der Waals surface area contributed by atoms with Crippen LogP contribution in [0.3, 0.4) is 0 Å². The molecular weight excluding hydrogens is 272 g/mol. The van der Waals surface area contributed by atoms with E-state index in [2.05, 4.69) is 10.1 Å². The van der Waals surface area contributed by atoms with Crippen LogP contribution in [-0.2, 0) is 14.9 Å². The lowest BCUT2D eigenvalue weighted by Crippen LogP contribution is -2.23. The van der Waals surface area contributed by atoms with Crippen molar-refractivity contribution < 1.29 is 18.8 Å². The van der Waals surface area contributed by atoms with Gasteiger partial charge in [-0.15, -0.1) is 0 Å². The van der Waals surface area contributed by atoms with Crippen LogP contribution in [0.4, 0.5) is 0 Å². The maximum absolute atomic E-state index is 12.0. The van der Waals surface area contributed by atoms with Gasteiger partial charge in [0.1, 0.15) is 11.2 Å². The highest BCUT2D eigenvalue weighted by Gasteiger charge is 2.57. The van der Waals surface area contributed by atoms with Gasteiger partial charge < -0.3 is 14.0 Å². The fraction of sp³-hybridized carbons (Fsp3) is 0.400. The van der Waals surface area contributed by atoms with Crippen LogP contribution < -0.4 is 4.74 Å². The second-order valence-corrected chi connectivity index (χ2v) is 4.96. The number of methoxy groups -OCH3 is 1. The minimum absolute atomic E-state index is 0.286. The summed E-state index contributed by atoms with van der Waals surface area (Å²) in [6.45, 7) is 2.13. The van der Waals surface area contributed by atoms with Crippen molar-refractivity contribution in [3.8, 4) is 17.1 Å². The molecule has 1 aromatic heterocycles.